The zero-order valence-electron chi connectivity index (χ0n) is 9.32. The Morgan fingerprint density at radius 3 is 2.22 bits per heavy atom. The van der Waals surface area contributed by atoms with E-state index in [1.165, 1.54) is 0 Å². The summed E-state index contributed by atoms with van der Waals surface area (Å²) in [7, 11) is 0. The van der Waals surface area contributed by atoms with Crippen LogP contribution in [0.15, 0.2) is 18.2 Å². The molecule has 1 amide bonds. The second kappa shape index (κ2) is 4.72. The normalized spacial score (nSPS) is 22.1. The third-order valence-electron chi connectivity index (χ3n) is 2.95. The van der Waals surface area contributed by atoms with Gasteiger partial charge in [0.15, 0.2) is 0 Å². The number of nitrogens with one attached hydrogen (secondary N) is 1. The topological polar surface area (TPSA) is 66.4 Å². The van der Waals surface area contributed by atoms with Crippen LogP contribution in [0.3, 0.4) is 0 Å². The Bertz CT molecular complexity index is 478. The standard InChI is InChI=1S/C12H11F2NO3/c13-8-1-6(2-9(14)5-8)11(16)15-10-3-7(4-10)12(17)18/h1-2,5,7,10H,3-4H2,(H,15,16)(H,17,18). The van der Waals surface area contributed by atoms with Crippen LogP contribution >= 0.6 is 0 Å². The van der Waals surface area contributed by atoms with Gasteiger partial charge in [0, 0.05) is 17.7 Å². The molecule has 0 unspecified atom stereocenters. The van der Waals surface area contributed by atoms with Gasteiger partial charge >= 0.3 is 5.97 Å². The number of aliphatic carboxylic acids is 1. The summed E-state index contributed by atoms with van der Waals surface area (Å²) in [5, 5.41) is 11.2. The van der Waals surface area contributed by atoms with Crippen molar-refractivity contribution in [3.63, 3.8) is 0 Å². The molecular weight excluding hydrogens is 244 g/mol. The number of halogens is 2. The first-order valence-electron chi connectivity index (χ1n) is 5.45. The predicted octanol–water partition coefficient (Wildman–Crippen LogP) is 1.56. The number of carbonyl (C=O) groups is 2. The molecule has 0 atom stereocenters. The van der Waals surface area contributed by atoms with Crippen molar-refractivity contribution in [1.29, 1.82) is 0 Å². The lowest BCUT2D eigenvalue weighted by atomic mass is 9.80. The molecule has 1 aliphatic carbocycles. The second-order valence-electron chi connectivity index (χ2n) is 4.34. The van der Waals surface area contributed by atoms with E-state index in [1.54, 1.807) is 0 Å². The lowest BCUT2D eigenvalue weighted by Crippen LogP contribution is -2.46. The van der Waals surface area contributed by atoms with E-state index in [4.69, 9.17) is 5.11 Å². The molecule has 0 aliphatic heterocycles. The first-order valence-corrected chi connectivity index (χ1v) is 5.45. The summed E-state index contributed by atoms with van der Waals surface area (Å²) in [4.78, 5) is 22.2. The summed E-state index contributed by atoms with van der Waals surface area (Å²) in [6, 6.07) is 2.31. The highest BCUT2D eigenvalue weighted by molar-refractivity contribution is 5.94. The van der Waals surface area contributed by atoms with Crippen molar-refractivity contribution in [3.05, 3.63) is 35.4 Å². The Balaban J connectivity index is 1.95. The summed E-state index contributed by atoms with van der Waals surface area (Å²) in [6.45, 7) is 0. The van der Waals surface area contributed by atoms with Crippen LogP contribution < -0.4 is 5.32 Å². The number of hydrogen-bond donors (Lipinski definition) is 2. The zero-order valence-corrected chi connectivity index (χ0v) is 9.32. The van der Waals surface area contributed by atoms with Gasteiger partial charge in [-0.25, -0.2) is 8.78 Å². The molecule has 1 fully saturated rings. The summed E-state index contributed by atoms with van der Waals surface area (Å²) in [5.41, 5.74) is -0.105. The first-order chi connectivity index (χ1) is 8.45. The van der Waals surface area contributed by atoms with Crippen LogP contribution in [0.5, 0.6) is 0 Å². The summed E-state index contributed by atoms with van der Waals surface area (Å²) < 4.78 is 25.8. The minimum atomic E-state index is -0.891. The van der Waals surface area contributed by atoms with Gasteiger partial charge in [0.05, 0.1) is 5.92 Å². The Kier molecular flexibility index (Phi) is 3.27. The number of carboxylic acid groups (broad SMARTS) is 1. The van der Waals surface area contributed by atoms with Gasteiger partial charge in [-0.05, 0) is 25.0 Å². The quantitative estimate of drug-likeness (QED) is 0.861. The third-order valence-corrected chi connectivity index (χ3v) is 2.95. The lowest BCUT2D eigenvalue weighted by Gasteiger charge is -2.32. The molecule has 2 rings (SSSR count). The average Bonchev–Trinajstić information content (AvgIpc) is 2.20. The first kappa shape index (κ1) is 12.5. The van der Waals surface area contributed by atoms with Gasteiger partial charge in [-0.2, -0.15) is 0 Å². The average molecular weight is 255 g/mol. The van der Waals surface area contributed by atoms with E-state index in [9.17, 15) is 18.4 Å². The van der Waals surface area contributed by atoms with E-state index in [0.29, 0.717) is 18.9 Å². The van der Waals surface area contributed by atoms with E-state index in [-0.39, 0.29) is 11.6 Å². The highest BCUT2D eigenvalue weighted by atomic mass is 19.1. The molecule has 4 nitrogen and oxygen atoms in total. The molecule has 0 heterocycles. The molecule has 1 aliphatic rings. The van der Waals surface area contributed by atoms with Crippen LogP contribution in [0, 0.1) is 17.6 Å². The van der Waals surface area contributed by atoms with Crippen molar-refractivity contribution >= 4 is 11.9 Å². The van der Waals surface area contributed by atoms with Crippen molar-refractivity contribution in [2.75, 3.05) is 0 Å². The fourth-order valence-corrected chi connectivity index (χ4v) is 1.89. The van der Waals surface area contributed by atoms with Crippen LogP contribution in [0.2, 0.25) is 0 Å². The van der Waals surface area contributed by atoms with E-state index in [0.717, 1.165) is 12.1 Å². The van der Waals surface area contributed by atoms with Gasteiger partial charge in [-0.15, -0.1) is 0 Å². The summed E-state index contributed by atoms with van der Waals surface area (Å²) in [6.07, 6.45) is 0.692. The lowest BCUT2D eigenvalue weighted by molar-refractivity contribution is -0.145. The molecular formula is C12H11F2NO3. The molecule has 1 aromatic carbocycles. The van der Waals surface area contributed by atoms with E-state index < -0.39 is 29.4 Å². The Morgan fingerprint density at radius 1 is 1.17 bits per heavy atom. The number of hydrogen-bond acceptors (Lipinski definition) is 2. The van der Waals surface area contributed by atoms with Crippen LogP contribution in [0.4, 0.5) is 8.78 Å². The SMILES string of the molecule is O=C(NC1CC(C(=O)O)C1)c1cc(F)cc(F)c1. The van der Waals surface area contributed by atoms with Gasteiger partial charge in [0.2, 0.25) is 0 Å². The summed E-state index contributed by atoms with van der Waals surface area (Å²) >= 11 is 0. The molecule has 0 bridgehead atoms. The Hall–Kier alpha value is -1.98. The second-order valence-corrected chi connectivity index (χ2v) is 4.34. The highest BCUT2D eigenvalue weighted by Crippen LogP contribution is 2.27. The molecule has 1 saturated carbocycles. The van der Waals surface area contributed by atoms with Crippen LogP contribution in [-0.4, -0.2) is 23.0 Å². The van der Waals surface area contributed by atoms with Crippen molar-refractivity contribution in [2.24, 2.45) is 5.92 Å². The molecule has 0 saturated heterocycles. The molecule has 2 N–H and O–H groups in total. The van der Waals surface area contributed by atoms with E-state index in [1.807, 2.05) is 0 Å². The fourth-order valence-electron chi connectivity index (χ4n) is 1.89. The van der Waals surface area contributed by atoms with Gasteiger partial charge in [0.1, 0.15) is 11.6 Å². The minimum Gasteiger partial charge on any atom is -0.481 e. The van der Waals surface area contributed by atoms with Crippen molar-refractivity contribution in [1.82, 2.24) is 5.32 Å². The number of amides is 1. The maximum absolute atomic E-state index is 12.9. The summed E-state index contributed by atoms with van der Waals surface area (Å²) in [5.74, 6) is -3.58. The third kappa shape index (κ3) is 2.64. The van der Waals surface area contributed by atoms with E-state index >= 15 is 0 Å². The number of carboxylic acids is 1. The maximum atomic E-state index is 12.9. The molecule has 6 heteroatoms. The highest BCUT2D eigenvalue weighted by Gasteiger charge is 2.35. The molecule has 0 aromatic heterocycles. The smallest absolute Gasteiger partial charge is 0.306 e. The monoisotopic (exact) mass is 255 g/mol. The largest absolute Gasteiger partial charge is 0.481 e. The fraction of sp³-hybridized carbons (Fsp3) is 0.333. The van der Waals surface area contributed by atoms with Crippen molar-refractivity contribution < 1.29 is 23.5 Å². The van der Waals surface area contributed by atoms with Crippen molar-refractivity contribution in [3.8, 4) is 0 Å². The van der Waals surface area contributed by atoms with Gasteiger partial charge in [0.25, 0.3) is 5.91 Å². The van der Waals surface area contributed by atoms with Gasteiger partial charge in [-0.1, -0.05) is 0 Å². The van der Waals surface area contributed by atoms with Crippen LogP contribution in [0.25, 0.3) is 0 Å². The van der Waals surface area contributed by atoms with Crippen LogP contribution in [0.1, 0.15) is 23.2 Å². The molecule has 18 heavy (non-hydrogen) atoms. The molecule has 1 aromatic rings. The van der Waals surface area contributed by atoms with Crippen LogP contribution in [-0.2, 0) is 4.79 Å². The van der Waals surface area contributed by atoms with Crippen molar-refractivity contribution in [2.45, 2.75) is 18.9 Å². The van der Waals surface area contributed by atoms with Gasteiger partial charge in [-0.3, -0.25) is 9.59 Å². The zero-order chi connectivity index (χ0) is 13.3. The predicted molar refractivity (Wildman–Crippen MR) is 58.0 cm³/mol. The molecule has 0 spiro atoms. The Morgan fingerprint density at radius 2 is 1.72 bits per heavy atom. The Labute approximate surface area is 102 Å². The molecule has 0 radical (unpaired) electrons. The maximum Gasteiger partial charge on any atom is 0.306 e. The number of carbonyl (C=O) groups excluding carboxylic acids is 1. The van der Waals surface area contributed by atoms with E-state index in [2.05, 4.69) is 5.32 Å². The molecule has 96 valence electrons. The number of rotatable bonds is 3. The van der Waals surface area contributed by atoms with Gasteiger partial charge < -0.3 is 10.4 Å². The minimum absolute atomic E-state index is 0.105. The number of benzene rings is 1.